The highest BCUT2D eigenvalue weighted by Crippen LogP contribution is 2.28. The molecule has 34 heavy (non-hydrogen) atoms. The molecule has 2 aromatic carbocycles. The molecule has 1 aromatic heterocycles. The maximum absolute atomic E-state index is 13.1. The Bertz CT molecular complexity index is 1230. The standard InChI is InChI=1S/C24H23FN4O5/c1-14(2)22(27-23(30)16-4-6-17(25)7-5-16)24(31)28-26-13-19-9-11-21(34-19)20-10-8-18(29(32)33)12-15(20)3/h4-14,22H,1-3H3,(H,27,30)(H,28,31)/b26-13-/t22-/m1/s1. The van der Waals surface area contributed by atoms with Crippen molar-refractivity contribution in [3.8, 4) is 11.3 Å². The summed E-state index contributed by atoms with van der Waals surface area (Å²) >= 11 is 0. The van der Waals surface area contributed by atoms with E-state index in [1.807, 2.05) is 0 Å². The largest absolute Gasteiger partial charge is 0.455 e. The van der Waals surface area contributed by atoms with Crippen LogP contribution in [0, 0.1) is 28.8 Å². The minimum Gasteiger partial charge on any atom is -0.455 e. The van der Waals surface area contributed by atoms with Crippen molar-refractivity contribution >= 4 is 23.7 Å². The third kappa shape index (κ3) is 5.91. The van der Waals surface area contributed by atoms with E-state index in [0.717, 1.165) is 0 Å². The molecule has 0 spiro atoms. The number of carbonyl (C=O) groups excluding carboxylic acids is 2. The second-order valence-electron chi connectivity index (χ2n) is 7.89. The number of hydrogen-bond acceptors (Lipinski definition) is 6. The highest BCUT2D eigenvalue weighted by molar-refractivity contribution is 5.97. The summed E-state index contributed by atoms with van der Waals surface area (Å²) in [4.78, 5) is 35.4. The SMILES string of the molecule is Cc1cc([N+](=O)[O-])ccc1-c1ccc(/C=N\NC(=O)[C@H](NC(=O)c2ccc(F)cc2)C(C)C)o1. The van der Waals surface area contributed by atoms with Crippen LogP contribution in [0.1, 0.15) is 35.5 Å². The summed E-state index contributed by atoms with van der Waals surface area (Å²) in [5.74, 6) is -0.892. The molecule has 0 fully saturated rings. The van der Waals surface area contributed by atoms with Gasteiger partial charge in [0.15, 0.2) is 0 Å². The number of non-ortho nitro benzene ring substituents is 1. The Morgan fingerprint density at radius 3 is 2.44 bits per heavy atom. The number of rotatable bonds is 8. The fraction of sp³-hybridized carbons (Fsp3) is 0.208. The van der Waals surface area contributed by atoms with Crippen LogP contribution < -0.4 is 10.7 Å². The first-order valence-electron chi connectivity index (χ1n) is 10.4. The molecule has 3 aromatic rings. The lowest BCUT2D eigenvalue weighted by Gasteiger charge is -2.20. The monoisotopic (exact) mass is 466 g/mol. The lowest BCUT2D eigenvalue weighted by Crippen LogP contribution is -2.48. The first-order chi connectivity index (χ1) is 16.2. The minimum atomic E-state index is -0.871. The number of carbonyl (C=O) groups is 2. The number of nitrogens with one attached hydrogen (secondary N) is 2. The van der Waals surface area contributed by atoms with E-state index >= 15 is 0 Å². The Balaban J connectivity index is 1.64. The van der Waals surface area contributed by atoms with Gasteiger partial charge in [-0.05, 0) is 60.9 Å². The third-order valence-electron chi connectivity index (χ3n) is 5.02. The number of hydrogen-bond donors (Lipinski definition) is 2. The molecule has 176 valence electrons. The molecule has 0 aliphatic heterocycles. The van der Waals surface area contributed by atoms with Gasteiger partial charge in [-0.3, -0.25) is 19.7 Å². The van der Waals surface area contributed by atoms with Crippen molar-refractivity contribution in [1.82, 2.24) is 10.7 Å². The molecule has 10 heteroatoms. The molecule has 9 nitrogen and oxygen atoms in total. The molecule has 0 radical (unpaired) electrons. The second kappa shape index (κ2) is 10.5. The number of aryl methyl sites for hydroxylation is 1. The zero-order valence-electron chi connectivity index (χ0n) is 18.7. The van der Waals surface area contributed by atoms with Crippen molar-refractivity contribution in [3.05, 3.63) is 87.4 Å². The van der Waals surface area contributed by atoms with Gasteiger partial charge in [0.05, 0.1) is 11.1 Å². The van der Waals surface area contributed by atoms with Gasteiger partial charge in [-0.1, -0.05) is 13.8 Å². The molecule has 3 rings (SSSR count). The predicted octanol–water partition coefficient (Wildman–Crippen LogP) is 4.21. The van der Waals surface area contributed by atoms with Gasteiger partial charge in [0.1, 0.15) is 23.4 Å². The van der Waals surface area contributed by atoms with Gasteiger partial charge < -0.3 is 9.73 Å². The van der Waals surface area contributed by atoms with Crippen LogP contribution in [0.3, 0.4) is 0 Å². The van der Waals surface area contributed by atoms with Crippen molar-refractivity contribution in [2.45, 2.75) is 26.8 Å². The zero-order valence-corrected chi connectivity index (χ0v) is 18.7. The van der Waals surface area contributed by atoms with E-state index < -0.39 is 28.6 Å². The number of nitro groups is 1. The van der Waals surface area contributed by atoms with E-state index in [2.05, 4.69) is 15.8 Å². The van der Waals surface area contributed by atoms with Gasteiger partial charge in [0, 0.05) is 23.3 Å². The van der Waals surface area contributed by atoms with Crippen LogP contribution in [0.25, 0.3) is 11.3 Å². The molecule has 0 aliphatic carbocycles. The van der Waals surface area contributed by atoms with Crippen LogP contribution in [-0.4, -0.2) is 29.0 Å². The van der Waals surface area contributed by atoms with Crippen molar-refractivity contribution in [3.63, 3.8) is 0 Å². The third-order valence-corrected chi connectivity index (χ3v) is 5.02. The average molecular weight is 466 g/mol. The van der Waals surface area contributed by atoms with E-state index in [0.29, 0.717) is 22.6 Å². The Kier molecular flexibility index (Phi) is 7.52. The summed E-state index contributed by atoms with van der Waals surface area (Å²) in [6.45, 7) is 5.28. The van der Waals surface area contributed by atoms with Gasteiger partial charge in [-0.2, -0.15) is 5.10 Å². The molecule has 2 N–H and O–H groups in total. The first-order valence-corrected chi connectivity index (χ1v) is 10.4. The van der Waals surface area contributed by atoms with Gasteiger partial charge >= 0.3 is 0 Å². The van der Waals surface area contributed by atoms with E-state index in [4.69, 9.17) is 4.42 Å². The Labute approximate surface area is 194 Å². The van der Waals surface area contributed by atoms with E-state index in [1.54, 1.807) is 39.0 Å². The molecule has 1 heterocycles. The van der Waals surface area contributed by atoms with Crippen LogP contribution in [0.4, 0.5) is 10.1 Å². The lowest BCUT2D eigenvalue weighted by molar-refractivity contribution is -0.384. The van der Waals surface area contributed by atoms with Gasteiger partial charge in [0.25, 0.3) is 17.5 Å². The van der Waals surface area contributed by atoms with Crippen molar-refractivity contribution in [2.75, 3.05) is 0 Å². The van der Waals surface area contributed by atoms with Crippen molar-refractivity contribution < 1.29 is 23.3 Å². The number of hydrazone groups is 1. The fourth-order valence-electron chi connectivity index (χ4n) is 3.19. The number of nitro benzene ring substituents is 1. The van der Waals surface area contributed by atoms with Crippen LogP contribution in [-0.2, 0) is 4.79 Å². The van der Waals surface area contributed by atoms with E-state index in [9.17, 15) is 24.1 Å². The van der Waals surface area contributed by atoms with E-state index in [1.165, 1.54) is 42.6 Å². The molecule has 2 amide bonds. The maximum atomic E-state index is 13.1. The van der Waals surface area contributed by atoms with Crippen molar-refractivity contribution in [2.24, 2.45) is 11.0 Å². The van der Waals surface area contributed by atoms with Crippen LogP contribution in [0.15, 0.2) is 64.1 Å². The molecule has 1 atom stereocenters. The Hall–Kier alpha value is -4.34. The summed E-state index contributed by atoms with van der Waals surface area (Å²) in [5, 5.41) is 17.4. The van der Waals surface area contributed by atoms with Crippen LogP contribution in [0.5, 0.6) is 0 Å². The maximum Gasteiger partial charge on any atom is 0.269 e. The van der Waals surface area contributed by atoms with Gasteiger partial charge in [-0.25, -0.2) is 9.82 Å². The predicted molar refractivity (Wildman–Crippen MR) is 124 cm³/mol. The first kappa shape index (κ1) is 24.3. The van der Waals surface area contributed by atoms with Crippen molar-refractivity contribution in [1.29, 1.82) is 0 Å². The molecule has 0 bridgehead atoms. The number of furan rings is 1. The second-order valence-corrected chi connectivity index (χ2v) is 7.89. The zero-order chi connectivity index (χ0) is 24.8. The van der Waals surface area contributed by atoms with Crippen LogP contribution >= 0.6 is 0 Å². The van der Waals surface area contributed by atoms with Gasteiger partial charge in [0.2, 0.25) is 0 Å². The molecular formula is C24H23FN4O5. The van der Waals surface area contributed by atoms with Gasteiger partial charge in [-0.15, -0.1) is 0 Å². The fourth-order valence-corrected chi connectivity index (χ4v) is 3.19. The summed E-state index contributed by atoms with van der Waals surface area (Å²) in [7, 11) is 0. The Morgan fingerprint density at radius 2 is 1.82 bits per heavy atom. The molecular weight excluding hydrogens is 443 g/mol. The minimum absolute atomic E-state index is 0.0106. The lowest BCUT2D eigenvalue weighted by atomic mass is 10.0. The topological polar surface area (TPSA) is 127 Å². The summed E-state index contributed by atoms with van der Waals surface area (Å²) in [6.07, 6.45) is 1.31. The molecule has 0 saturated carbocycles. The number of halogens is 1. The number of amides is 2. The van der Waals surface area contributed by atoms with Crippen LogP contribution in [0.2, 0.25) is 0 Å². The quantitative estimate of drug-likeness (QED) is 0.292. The summed E-state index contributed by atoms with van der Waals surface area (Å²) in [6, 6.07) is 11.9. The average Bonchev–Trinajstić information content (AvgIpc) is 3.25. The molecule has 0 aliphatic rings. The number of benzene rings is 2. The summed E-state index contributed by atoms with van der Waals surface area (Å²) in [5.41, 5.74) is 3.97. The smallest absolute Gasteiger partial charge is 0.269 e. The Morgan fingerprint density at radius 1 is 1.12 bits per heavy atom. The highest BCUT2D eigenvalue weighted by Gasteiger charge is 2.24. The normalized spacial score (nSPS) is 12.0. The number of nitrogens with zero attached hydrogens (tertiary/aromatic N) is 2. The summed E-state index contributed by atoms with van der Waals surface area (Å²) < 4.78 is 18.8. The molecule has 0 unspecified atom stereocenters. The van der Waals surface area contributed by atoms with E-state index in [-0.39, 0.29) is 17.2 Å². The highest BCUT2D eigenvalue weighted by atomic mass is 19.1. The molecule has 0 saturated heterocycles.